The molecule has 1 amide bonds. The van der Waals surface area contributed by atoms with Crippen LogP contribution >= 0.6 is 55.1 Å². The van der Waals surface area contributed by atoms with Crippen molar-refractivity contribution in [1.29, 1.82) is 0 Å². The molecule has 0 bridgehead atoms. The lowest BCUT2D eigenvalue weighted by molar-refractivity contribution is 0.0952. The average Bonchev–Trinajstić information content (AvgIpc) is 2.69. The number of aromatic hydroxyl groups is 1. The van der Waals surface area contributed by atoms with Gasteiger partial charge in [0.2, 0.25) is 0 Å². The molecule has 0 unspecified atom stereocenters. The van der Waals surface area contributed by atoms with Gasteiger partial charge in [-0.15, -0.1) is 0 Å². The van der Waals surface area contributed by atoms with Crippen molar-refractivity contribution in [1.82, 2.24) is 5.43 Å². The van der Waals surface area contributed by atoms with Crippen LogP contribution in [0, 0.1) is 0 Å². The first-order valence-electron chi connectivity index (χ1n) is 8.52. The predicted molar refractivity (Wildman–Crippen MR) is 126 cm³/mol. The monoisotopic (exact) mass is 570 g/mol. The van der Waals surface area contributed by atoms with E-state index in [9.17, 15) is 9.90 Å². The third-order valence-electron chi connectivity index (χ3n) is 3.94. The number of hydrazone groups is 1. The number of nitrogens with one attached hydrogen (secondary N) is 1. The molecule has 3 rings (SSSR count). The van der Waals surface area contributed by atoms with E-state index in [-0.39, 0.29) is 17.9 Å². The Hall–Kier alpha value is -2.06. The van der Waals surface area contributed by atoms with Gasteiger partial charge in [0.25, 0.3) is 5.91 Å². The summed E-state index contributed by atoms with van der Waals surface area (Å²) in [4.78, 5) is 12.1. The van der Waals surface area contributed by atoms with Crippen LogP contribution in [0.2, 0.25) is 10.0 Å². The molecule has 3 aromatic carbocycles. The highest BCUT2D eigenvalue weighted by atomic mass is 79.9. The van der Waals surface area contributed by atoms with Crippen molar-refractivity contribution in [3.63, 3.8) is 0 Å². The Morgan fingerprint density at radius 1 is 1.10 bits per heavy atom. The summed E-state index contributed by atoms with van der Waals surface area (Å²) in [6.07, 6.45) is 1.48. The number of nitrogens with zero attached hydrogens (tertiary/aromatic N) is 1. The van der Waals surface area contributed by atoms with E-state index >= 15 is 0 Å². The van der Waals surface area contributed by atoms with Crippen LogP contribution in [0.1, 0.15) is 21.5 Å². The first-order valence-corrected chi connectivity index (χ1v) is 10.9. The maximum Gasteiger partial charge on any atom is 0.275 e. The molecule has 9 heteroatoms. The van der Waals surface area contributed by atoms with Gasteiger partial charge in [0.1, 0.15) is 18.1 Å². The summed E-state index contributed by atoms with van der Waals surface area (Å²) in [5, 5.41) is 14.7. The van der Waals surface area contributed by atoms with Gasteiger partial charge >= 0.3 is 0 Å². The number of carbonyl (C=O) groups excluding carboxylic acids is 1. The maximum atomic E-state index is 12.1. The van der Waals surface area contributed by atoms with Gasteiger partial charge < -0.3 is 9.84 Å². The molecule has 0 saturated heterocycles. The number of hydrogen-bond acceptors (Lipinski definition) is 4. The van der Waals surface area contributed by atoms with E-state index in [1.165, 1.54) is 18.3 Å². The second-order valence-corrected chi connectivity index (χ2v) is 8.61. The number of para-hydroxylation sites is 1. The fraction of sp³-hybridized carbons (Fsp3) is 0.0476. The van der Waals surface area contributed by atoms with Gasteiger partial charge in [-0.1, -0.05) is 41.4 Å². The summed E-state index contributed by atoms with van der Waals surface area (Å²) >= 11 is 19.1. The van der Waals surface area contributed by atoms with E-state index in [1.807, 2.05) is 0 Å². The van der Waals surface area contributed by atoms with Gasteiger partial charge in [-0.25, -0.2) is 5.43 Å². The number of benzene rings is 3. The fourth-order valence-corrected chi connectivity index (χ4v) is 4.39. The van der Waals surface area contributed by atoms with Crippen molar-refractivity contribution < 1.29 is 14.6 Å². The van der Waals surface area contributed by atoms with E-state index in [1.54, 1.807) is 42.5 Å². The molecule has 0 fully saturated rings. The van der Waals surface area contributed by atoms with E-state index in [4.69, 9.17) is 27.9 Å². The molecule has 0 aromatic heterocycles. The molecule has 30 heavy (non-hydrogen) atoms. The molecule has 0 aliphatic carbocycles. The molecule has 0 aliphatic heterocycles. The minimum absolute atomic E-state index is 0.113. The molecule has 2 N–H and O–H groups in total. The van der Waals surface area contributed by atoms with Crippen molar-refractivity contribution >= 4 is 67.2 Å². The Kier molecular flexibility index (Phi) is 7.77. The van der Waals surface area contributed by atoms with Crippen LogP contribution in [0.25, 0.3) is 0 Å². The molecular formula is C21H14Br2Cl2N2O3. The minimum Gasteiger partial charge on any atom is -0.507 e. The van der Waals surface area contributed by atoms with Gasteiger partial charge in [-0.05, 0) is 73.8 Å². The summed E-state index contributed by atoms with van der Waals surface area (Å²) in [5.74, 6) is -0.0309. The van der Waals surface area contributed by atoms with Gasteiger partial charge in [0, 0.05) is 15.6 Å². The normalized spacial score (nSPS) is 10.9. The highest BCUT2D eigenvalue weighted by Gasteiger charge is 2.11. The predicted octanol–water partition coefficient (Wildman–Crippen LogP) is 6.57. The standard InChI is InChI=1S/C21H14Br2Cl2N2O3/c22-16-7-12(10-26-27-21(29)15-3-1-2-4-19(15)28)8-17(23)20(16)30-11-13-5-6-14(24)9-18(13)25/h1-10,28H,11H2,(H,27,29)/b26-10+. The Balaban J connectivity index is 1.67. The van der Waals surface area contributed by atoms with Crippen molar-refractivity contribution in [3.05, 3.63) is 90.3 Å². The van der Waals surface area contributed by atoms with Crippen molar-refractivity contribution in [3.8, 4) is 11.5 Å². The van der Waals surface area contributed by atoms with Crippen LogP contribution in [0.4, 0.5) is 0 Å². The average molecular weight is 573 g/mol. The second-order valence-electron chi connectivity index (χ2n) is 6.05. The first-order chi connectivity index (χ1) is 14.3. The zero-order chi connectivity index (χ0) is 21.7. The molecular weight excluding hydrogens is 559 g/mol. The fourth-order valence-electron chi connectivity index (χ4n) is 2.47. The topological polar surface area (TPSA) is 70.9 Å². The van der Waals surface area contributed by atoms with E-state index in [2.05, 4.69) is 42.4 Å². The quantitative estimate of drug-likeness (QED) is 0.259. The number of amides is 1. The highest BCUT2D eigenvalue weighted by molar-refractivity contribution is 9.11. The van der Waals surface area contributed by atoms with Crippen molar-refractivity contribution in [2.75, 3.05) is 0 Å². The Labute approximate surface area is 199 Å². The number of phenolic OH excluding ortho intramolecular Hbond substituents is 1. The highest BCUT2D eigenvalue weighted by Crippen LogP contribution is 2.35. The summed E-state index contributed by atoms with van der Waals surface area (Å²) < 4.78 is 7.26. The zero-order valence-corrected chi connectivity index (χ0v) is 19.9. The molecule has 0 radical (unpaired) electrons. The number of carbonyl (C=O) groups is 1. The number of ether oxygens (including phenoxy) is 1. The number of hydrogen-bond donors (Lipinski definition) is 2. The van der Waals surface area contributed by atoms with E-state index < -0.39 is 5.91 Å². The number of phenols is 1. The summed E-state index contributed by atoms with van der Waals surface area (Å²) in [6.45, 7) is 0.261. The number of rotatable bonds is 6. The molecule has 0 spiro atoms. The summed E-state index contributed by atoms with van der Waals surface area (Å²) in [5.41, 5.74) is 4.04. The molecule has 3 aromatic rings. The first kappa shape index (κ1) is 22.6. The lowest BCUT2D eigenvalue weighted by Crippen LogP contribution is -2.17. The smallest absolute Gasteiger partial charge is 0.275 e. The van der Waals surface area contributed by atoms with Crippen LogP contribution in [-0.4, -0.2) is 17.2 Å². The molecule has 0 saturated carbocycles. The zero-order valence-electron chi connectivity index (χ0n) is 15.2. The van der Waals surface area contributed by atoms with Crippen LogP contribution in [-0.2, 0) is 6.61 Å². The van der Waals surface area contributed by atoms with Gasteiger partial charge in [0.15, 0.2) is 0 Å². The molecule has 154 valence electrons. The van der Waals surface area contributed by atoms with E-state index in [0.717, 1.165) is 5.56 Å². The van der Waals surface area contributed by atoms with Crippen LogP contribution in [0.5, 0.6) is 11.5 Å². The minimum atomic E-state index is -0.512. The van der Waals surface area contributed by atoms with Crippen LogP contribution < -0.4 is 10.2 Å². The number of halogens is 4. The summed E-state index contributed by atoms with van der Waals surface area (Å²) in [7, 11) is 0. The van der Waals surface area contributed by atoms with Gasteiger partial charge in [0.05, 0.1) is 20.7 Å². The SMILES string of the molecule is O=C(N/N=C/c1cc(Br)c(OCc2ccc(Cl)cc2Cl)c(Br)c1)c1ccccc1O. The van der Waals surface area contributed by atoms with Crippen molar-refractivity contribution in [2.45, 2.75) is 6.61 Å². The lowest BCUT2D eigenvalue weighted by Gasteiger charge is -2.12. The van der Waals surface area contributed by atoms with Gasteiger partial charge in [-0.3, -0.25) is 4.79 Å². The van der Waals surface area contributed by atoms with Crippen LogP contribution in [0.15, 0.2) is 68.6 Å². The molecule has 0 heterocycles. The third-order valence-corrected chi connectivity index (χ3v) is 5.70. The summed E-state index contributed by atoms with van der Waals surface area (Å²) in [6, 6.07) is 15.0. The molecule has 0 atom stereocenters. The Bertz CT molecular complexity index is 1100. The second kappa shape index (κ2) is 10.3. The van der Waals surface area contributed by atoms with Crippen molar-refractivity contribution in [2.24, 2.45) is 5.10 Å². The van der Waals surface area contributed by atoms with Crippen LogP contribution in [0.3, 0.4) is 0 Å². The van der Waals surface area contributed by atoms with E-state index in [0.29, 0.717) is 30.3 Å². The molecule has 0 aliphatic rings. The maximum absolute atomic E-state index is 12.1. The largest absolute Gasteiger partial charge is 0.507 e. The lowest BCUT2D eigenvalue weighted by atomic mass is 10.2. The Morgan fingerprint density at radius 2 is 1.80 bits per heavy atom. The Morgan fingerprint density at radius 3 is 2.47 bits per heavy atom. The third kappa shape index (κ3) is 5.76. The van der Waals surface area contributed by atoms with Gasteiger partial charge in [-0.2, -0.15) is 5.10 Å². The molecule has 5 nitrogen and oxygen atoms in total.